The average Bonchev–Trinajstić information content (AvgIpc) is 2.72. The number of rotatable bonds is 2. The first kappa shape index (κ1) is 9.03. The van der Waals surface area contributed by atoms with Gasteiger partial charge in [0.05, 0.1) is 0 Å². The van der Waals surface area contributed by atoms with E-state index in [0.717, 1.165) is 18.0 Å². The molecule has 0 N–H and O–H groups in total. The summed E-state index contributed by atoms with van der Waals surface area (Å²) in [4.78, 5) is 8.63. The fraction of sp³-hybridized carbons (Fsp3) is 0.0833. The van der Waals surface area contributed by atoms with Gasteiger partial charge in [0.1, 0.15) is 5.69 Å². The van der Waals surface area contributed by atoms with Gasteiger partial charge in [-0.2, -0.15) is 4.57 Å². The molecule has 0 spiro atoms. The predicted molar refractivity (Wildman–Crippen MR) is 58.7 cm³/mol. The molecule has 0 amide bonds. The summed E-state index contributed by atoms with van der Waals surface area (Å²) in [6, 6.07) is 7.91. The first-order valence-electron chi connectivity index (χ1n) is 5.14. The molecule has 3 heterocycles. The molecule has 0 saturated carbocycles. The molecule has 3 rings (SSSR count). The third-order valence-electron chi connectivity index (χ3n) is 2.41. The molecule has 16 heavy (non-hydrogen) atoms. The minimum Gasteiger partial charge on any atom is -0.291 e. The first-order valence-corrected chi connectivity index (χ1v) is 5.14. The lowest BCUT2D eigenvalue weighted by Gasteiger charge is -1.90. The highest BCUT2D eigenvalue weighted by Gasteiger charge is 2.06. The molecule has 0 bridgehead atoms. The molecule has 0 aliphatic carbocycles. The molecule has 3 aromatic rings. The SMILES string of the molecule is c1cc[n+](Cc2cn3cccnc3n2)cc1. The lowest BCUT2D eigenvalue weighted by molar-refractivity contribution is -0.688. The van der Waals surface area contributed by atoms with Crippen molar-refractivity contribution in [3.8, 4) is 0 Å². The molecule has 0 atom stereocenters. The molecule has 0 saturated heterocycles. The second kappa shape index (κ2) is 3.73. The molecule has 78 valence electrons. The summed E-state index contributed by atoms with van der Waals surface area (Å²) in [5.74, 6) is 0.744. The standard InChI is InChI=1S/C12H11N4/c1-2-6-15(7-3-1)9-11-10-16-8-4-5-13-12(16)14-11/h1-8,10H,9H2/q+1. The van der Waals surface area contributed by atoms with E-state index < -0.39 is 0 Å². The second-order valence-corrected chi connectivity index (χ2v) is 3.61. The molecule has 0 fully saturated rings. The van der Waals surface area contributed by atoms with E-state index in [-0.39, 0.29) is 0 Å². The van der Waals surface area contributed by atoms with Crippen LogP contribution in [0.4, 0.5) is 0 Å². The van der Waals surface area contributed by atoms with Crippen molar-refractivity contribution in [2.45, 2.75) is 6.54 Å². The Morgan fingerprint density at radius 1 is 1.12 bits per heavy atom. The van der Waals surface area contributed by atoms with Crippen LogP contribution in [0.5, 0.6) is 0 Å². The van der Waals surface area contributed by atoms with Gasteiger partial charge in [-0.25, -0.2) is 9.97 Å². The van der Waals surface area contributed by atoms with Gasteiger partial charge in [-0.3, -0.25) is 4.40 Å². The van der Waals surface area contributed by atoms with Crippen LogP contribution >= 0.6 is 0 Å². The summed E-state index contributed by atoms with van der Waals surface area (Å²) in [5.41, 5.74) is 1.01. The smallest absolute Gasteiger partial charge is 0.234 e. The van der Waals surface area contributed by atoms with Crippen LogP contribution in [-0.2, 0) is 6.54 Å². The Bertz CT molecular complexity index is 567. The quantitative estimate of drug-likeness (QED) is 0.594. The monoisotopic (exact) mass is 211 g/mol. The maximum atomic E-state index is 4.44. The van der Waals surface area contributed by atoms with Gasteiger partial charge in [0.15, 0.2) is 18.9 Å². The number of imidazole rings is 1. The number of hydrogen-bond donors (Lipinski definition) is 0. The number of aromatic nitrogens is 4. The van der Waals surface area contributed by atoms with E-state index in [2.05, 4.69) is 14.5 Å². The highest BCUT2D eigenvalue weighted by molar-refractivity contribution is 5.29. The van der Waals surface area contributed by atoms with Crippen molar-refractivity contribution in [2.75, 3.05) is 0 Å². The number of pyridine rings is 1. The van der Waals surface area contributed by atoms with E-state index in [1.54, 1.807) is 6.20 Å². The lowest BCUT2D eigenvalue weighted by atomic mass is 10.4. The third-order valence-corrected chi connectivity index (χ3v) is 2.41. The second-order valence-electron chi connectivity index (χ2n) is 3.61. The highest BCUT2D eigenvalue weighted by Crippen LogP contribution is 2.00. The topological polar surface area (TPSA) is 34.1 Å². The van der Waals surface area contributed by atoms with Crippen LogP contribution in [0.15, 0.2) is 55.2 Å². The third kappa shape index (κ3) is 1.65. The number of nitrogens with zero attached hydrogens (tertiary/aromatic N) is 4. The Morgan fingerprint density at radius 2 is 2.00 bits per heavy atom. The Labute approximate surface area is 92.8 Å². The zero-order valence-electron chi connectivity index (χ0n) is 8.69. The zero-order valence-corrected chi connectivity index (χ0v) is 8.69. The van der Waals surface area contributed by atoms with Gasteiger partial charge < -0.3 is 0 Å². The minimum absolute atomic E-state index is 0.744. The van der Waals surface area contributed by atoms with Gasteiger partial charge in [-0.15, -0.1) is 0 Å². The van der Waals surface area contributed by atoms with Crippen molar-refractivity contribution >= 4 is 5.78 Å². The lowest BCUT2D eigenvalue weighted by Crippen LogP contribution is -2.32. The molecule has 0 aromatic carbocycles. The normalized spacial score (nSPS) is 10.8. The largest absolute Gasteiger partial charge is 0.291 e. The molecular formula is C12H11N4+. The molecule has 4 nitrogen and oxygen atoms in total. The van der Waals surface area contributed by atoms with Gasteiger partial charge in [0.2, 0.25) is 5.78 Å². The minimum atomic E-state index is 0.744. The van der Waals surface area contributed by atoms with Crippen molar-refractivity contribution < 1.29 is 4.57 Å². The van der Waals surface area contributed by atoms with E-state index in [1.165, 1.54) is 0 Å². The molecule has 4 heteroatoms. The fourth-order valence-electron chi connectivity index (χ4n) is 1.68. The van der Waals surface area contributed by atoms with Gasteiger partial charge in [-0.1, -0.05) is 6.07 Å². The van der Waals surface area contributed by atoms with Crippen molar-refractivity contribution in [3.05, 3.63) is 60.9 Å². The van der Waals surface area contributed by atoms with E-state index >= 15 is 0 Å². The van der Waals surface area contributed by atoms with Crippen LogP contribution in [0, 0.1) is 0 Å². The van der Waals surface area contributed by atoms with E-state index in [4.69, 9.17) is 0 Å². The van der Waals surface area contributed by atoms with Gasteiger partial charge in [0, 0.05) is 30.7 Å². The number of fused-ring (bicyclic) bond motifs is 1. The summed E-state index contributed by atoms with van der Waals surface area (Å²) in [6.45, 7) is 0.768. The first-order chi connectivity index (χ1) is 7.92. The molecule has 0 aliphatic heterocycles. The maximum absolute atomic E-state index is 4.44. The molecule has 0 aliphatic rings. The maximum Gasteiger partial charge on any atom is 0.234 e. The zero-order chi connectivity index (χ0) is 10.8. The van der Waals surface area contributed by atoms with E-state index in [0.29, 0.717) is 0 Å². The van der Waals surface area contributed by atoms with Crippen LogP contribution in [-0.4, -0.2) is 14.4 Å². The van der Waals surface area contributed by atoms with Gasteiger partial charge in [-0.05, 0) is 6.07 Å². The van der Waals surface area contributed by atoms with Crippen molar-refractivity contribution in [2.24, 2.45) is 0 Å². The fourth-order valence-corrected chi connectivity index (χ4v) is 1.68. The Balaban J connectivity index is 1.95. The Morgan fingerprint density at radius 3 is 2.81 bits per heavy atom. The average molecular weight is 211 g/mol. The summed E-state index contributed by atoms with van der Waals surface area (Å²) in [6.07, 6.45) is 9.76. The summed E-state index contributed by atoms with van der Waals surface area (Å²) >= 11 is 0. The predicted octanol–water partition coefficient (Wildman–Crippen LogP) is 1.07. The van der Waals surface area contributed by atoms with Gasteiger partial charge in [0.25, 0.3) is 0 Å². The Kier molecular flexibility index (Phi) is 2.11. The highest BCUT2D eigenvalue weighted by atomic mass is 15.1. The van der Waals surface area contributed by atoms with Crippen LogP contribution in [0.1, 0.15) is 5.69 Å². The van der Waals surface area contributed by atoms with Crippen LogP contribution in [0.25, 0.3) is 5.78 Å². The molecular weight excluding hydrogens is 200 g/mol. The van der Waals surface area contributed by atoms with Crippen molar-refractivity contribution in [1.82, 2.24) is 14.4 Å². The van der Waals surface area contributed by atoms with Crippen LogP contribution in [0.3, 0.4) is 0 Å². The van der Waals surface area contributed by atoms with Crippen LogP contribution < -0.4 is 4.57 Å². The van der Waals surface area contributed by atoms with E-state index in [1.807, 2.05) is 53.5 Å². The molecule has 0 radical (unpaired) electrons. The van der Waals surface area contributed by atoms with Crippen molar-refractivity contribution in [1.29, 1.82) is 0 Å². The molecule has 3 aromatic heterocycles. The Hall–Kier alpha value is -2.23. The summed E-state index contributed by atoms with van der Waals surface area (Å²) in [5, 5.41) is 0. The number of hydrogen-bond acceptors (Lipinski definition) is 2. The van der Waals surface area contributed by atoms with Crippen molar-refractivity contribution in [3.63, 3.8) is 0 Å². The van der Waals surface area contributed by atoms with Gasteiger partial charge >= 0.3 is 0 Å². The summed E-state index contributed by atoms with van der Waals surface area (Å²) < 4.78 is 4.01. The summed E-state index contributed by atoms with van der Waals surface area (Å²) in [7, 11) is 0. The molecule has 0 unspecified atom stereocenters. The van der Waals surface area contributed by atoms with Crippen LogP contribution in [0.2, 0.25) is 0 Å². The van der Waals surface area contributed by atoms with E-state index in [9.17, 15) is 0 Å².